The predicted octanol–water partition coefficient (Wildman–Crippen LogP) is 5.42. The second kappa shape index (κ2) is 8.65. The van der Waals surface area contributed by atoms with Crippen LogP contribution in [0.2, 0.25) is 25.7 Å². The van der Waals surface area contributed by atoms with Gasteiger partial charge in [-0.2, -0.15) is 0 Å². The molecule has 8 heteroatoms. The van der Waals surface area contributed by atoms with Gasteiger partial charge in [-0.3, -0.25) is 9.47 Å². The number of halogens is 1. The Kier molecular flexibility index (Phi) is 7.19. The number of imidazole rings is 1. The number of aromatic nitrogens is 2. The van der Waals surface area contributed by atoms with Crippen molar-refractivity contribution in [2.45, 2.75) is 90.6 Å². The van der Waals surface area contributed by atoms with E-state index in [1.165, 1.54) is 0 Å². The molecule has 0 bridgehead atoms. The van der Waals surface area contributed by atoms with Crippen molar-refractivity contribution < 1.29 is 14.3 Å². The molecular weight excluding hydrogens is 426 g/mol. The van der Waals surface area contributed by atoms with Gasteiger partial charge in [-0.15, -0.1) is 0 Å². The van der Waals surface area contributed by atoms with Crippen LogP contribution in [-0.4, -0.2) is 46.9 Å². The lowest BCUT2D eigenvalue weighted by molar-refractivity contribution is 0.0136. The van der Waals surface area contributed by atoms with E-state index in [1.54, 1.807) is 6.20 Å². The second-order valence-electron chi connectivity index (χ2n) is 9.54. The summed E-state index contributed by atoms with van der Waals surface area (Å²) in [5, 5.41) is 0. The van der Waals surface area contributed by atoms with Crippen LogP contribution in [0.1, 0.15) is 52.4 Å². The summed E-state index contributed by atoms with van der Waals surface area (Å²) in [5.74, 6) is 0.852. The molecule has 1 fully saturated rings. The highest BCUT2D eigenvalue weighted by Gasteiger charge is 2.40. The topological polar surface area (TPSA) is 56.6 Å². The lowest BCUT2D eigenvalue weighted by Crippen LogP contribution is -2.40. The van der Waals surface area contributed by atoms with E-state index in [4.69, 9.17) is 9.47 Å². The number of hydrogen-bond donors (Lipinski definition) is 0. The van der Waals surface area contributed by atoms with Gasteiger partial charge in [0.2, 0.25) is 0 Å². The van der Waals surface area contributed by atoms with Crippen LogP contribution >= 0.6 is 15.9 Å². The molecule has 0 saturated carbocycles. The standard InChI is InChI=1S/C19H34BrN3O3Si/c1-14-8-9-15(23(14)18(24)26-19(2,3)4)17-21-12-16(20)22(17)13-25-10-11-27(5,6)7/h12,14-15H,8-11,13H2,1-7H3/t14-,15-/m0/s1. The minimum Gasteiger partial charge on any atom is -0.444 e. The molecular formula is C19H34BrN3O3Si. The molecule has 1 amide bonds. The van der Waals surface area contributed by atoms with E-state index < -0.39 is 13.7 Å². The van der Waals surface area contributed by atoms with Gasteiger partial charge in [0.05, 0.1) is 12.2 Å². The number of likely N-dealkylation sites (tertiary alicyclic amines) is 1. The van der Waals surface area contributed by atoms with Crippen LogP contribution in [0.5, 0.6) is 0 Å². The van der Waals surface area contributed by atoms with Crippen LogP contribution in [0.25, 0.3) is 0 Å². The van der Waals surface area contributed by atoms with Gasteiger partial charge in [-0.1, -0.05) is 19.6 Å². The number of carbonyl (C=O) groups is 1. The molecule has 1 aliphatic rings. The van der Waals surface area contributed by atoms with Gasteiger partial charge in [-0.25, -0.2) is 9.78 Å². The molecule has 0 aliphatic carbocycles. The molecule has 1 aromatic heterocycles. The summed E-state index contributed by atoms with van der Waals surface area (Å²) >= 11 is 3.57. The maximum atomic E-state index is 12.8. The number of ether oxygens (including phenoxy) is 2. The van der Waals surface area contributed by atoms with Crippen molar-refractivity contribution in [3.05, 3.63) is 16.6 Å². The summed E-state index contributed by atoms with van der Waals surface area (Å²) in [5.41, 5.74) is -0.514. The highest BCUT2D eigenvalue weighted by Crippen LogP contribution is 2.37. The molecule has 0 spiro atoms. The SMILES string of the molecule is C[C@H]1CC[C@@H](c2ncc(Br)n2COCC[Si](C)(C)C)N1C(=O)OC(C)(C)C. The van der Waals surface area contributed by atoms with E-state index in [0.29, 0.717) is 6.73 Å². The zero-order chi connectivity index (χ0) is 20.4. The van der Waals surface area contributed by atoms with Gasteiger partial charge in [0.15, 0.2) is 0 Å². The Hall–Kier alpha value is -0.863. The zero-order valence-corrected chi connectivity index (χ0v) is 20.3. The van der Waals surface area contributed by atoms with Crippen molar-refractivity contribution in [3.63, 3.8) is 0 Å². The van der Waals surface area contributed by atoms with Gasteiger partial charge in [0, 0.05) is 20.7 Å². The minimum atomic E-state index is -1.12. The maximum Gasteiger partial charge on any atom is 0.411 e. The Morgan fingerprint density at radius 1 is 1.33 bits per heavy atom. The van der Waals surface area contributed by atoms with Crippen LogP contribution in [0.3, 0.4) is 0 Å². The normalized spacial score (nSPS) is 21.0. The molecule has 2 heterocycles. The summed E-state index contributed by atoms with van der Waals surface area (Å²) in [6, 6.07) is 1.16. The minimum absolute atomic E-state index is 0.0956. The van der Waals surface area contributed by atoms with Crippen molar-refractivity contribution in [2.75, 3.05) is 6.61 Å². The average molecular weight is 460 g/mol. The molecule has 0 N–H and O–H groups in total. The smallest absolute Gasteiger partial charge is 0.411 e. The van der Waals surface area contributed by atoms with E-state index in [9.17, 15) is 4.79 Å². The van der Waals surface area contributed by atoms with E-state index in [2.05, 4.69) is 47.5 Å². The zero-order valence-electron chi connectivity index (χ0n) is 17.7. The van der Waals surface area contributed by atoms with Crippen LogP contribution in [0.4, 0.5) is 4.79 Å². The molecule has 0 radical (unpaired) electrons. The fraction of sp³-hybridized carbons (Fsp3) is 0.789. The van der Waals surface area contributed by atoms with Gasteiger partial charge < -0.3 is 9.47 Å². The van der Waals surface area contributed by atoms with Gasteiger partial charge >= 0.3 is 6.09 Å². The molecule has 1 aromatic rings. The summed E-state index contributed by atoms with van der Waals surface area (Å²) in [6.07, 6.45) is 3.32. The summed E-state index contributed by atoms with van der Waals surface area (Å²) in [7, 11) is -1.12. The quantitative estimate of drug-likeness (QED) is 0.420. The molecule has 0 unspecified atom stereocenters. The number of nitrogens with zero attached hydrogens (tertiary/aromatic N) is 3. The van der Waals surface area contributed by atoms with Crippen LogP contribution in [0, 0.1) is 0 Å². The Morgan fingerprint density at radius 3 is 2.59 bits per heavy atom. The van der Waals surface area contributed by atoms with Crippen LogP contribution < -0.4 is 0 Å². The van der Waals surface area contributed by atoms with E-state index >= 15 is 0 Å². The fourth-order valence-corrected chi connectivity index (χ4v) is 4.30. The first-order valence-corrected chi connectivity index (χ1v) is 14.2. The number of rotatable bonds is 6. The Bertz CT molecular complexity index is 652. The molecule has 0 aromatic carbocycles. The van der Waals surface area contributed by atoms with Crippen molar-refractivity contribution >= 4 is 30.1 Å². The molecule has 27 heavy (non-hydrogen) atoms. The first-order valence-electron chi connectivity index (χ1n) is 9.69. The summed E-state index contributed by atoms with van der Waals surface area (Å²) in [4.78, 5) is 19.2. The van der Waals surface area contributed by atoms with Crippen molar-refractivity contribution in [1.82, 2.24) is 14.5 Å². The van der Waals surface area contributed by atoms with Crippen molar-refractivity contribution in [2.24, 2.45) is 0 Å². The molecule has 1 aliphatic heterocycles. The van der Waals surface area contributed by atoms with Gasteiger partial charge in [-0.05, 0) is 62.5 Å². The third-order valence-corrected chi connectivity index (χ3v) is 6.96. The number of hydrogen-bond acceptors (Lipinski definition) is 4. The molecule has 2 atom stereocenters. The number of carbonyl (C=O) groups excluding carboxylic acids is 1. The summed E-state index contributed by atoms with van der Waals surface area (Å²) in [6.45, 7) is 16.0. The molecule has 154 valence electrons. The Morgan fingerprint density at radius 2 is 2.00 bits per heavy atom. The van der Waals surface area contributed by atoms with E-state index in [0.717, 1.165) is 35.9 Å². The van der Waals surface area contributed by atoms with Gasteiger partial charge in [0.25, 0.3) is 0 Å². The molecule has 6 nitrogen and oxygen atoms in total. The first kappa shape index (κ1) is 22.4. The van der Waals surface area contributed by atoms with Gasteiger partial charge in [0.1, 0.15) is 22.8 Å². The lowest BCUT2D eigenvalue weighted by atomic mass is 10.2. The highest BCUT2D eigenvalue weighted by atomic mass is 79.9. The van der Waals surface area contributed by atoms with E-state index in [1.807, 2.05) is 30.2 Å². The molecule has 1 saturated heterocycles. The fourth-order valence-electron chi connectivity index (χ4n) is 3.16. The van der Waals surface area contributed by atoms with Crippen LogP contribution in [-0.2, 0) is 16.2 Å². The molecule has 2 rings (SSSR count). The predicted molar refractivity (Wildman–Crippen MR) is 114 cm³/mol. The average Bonchev–Trinajstić information content (AvgIpc) is 3.04. The van der Waals surface area contributed by atoms with Crippen LogP contribution in [0.15, 0.2) is 10.8 Å². The number of amides is 1. The van der Waals surface area contributed by atoms with Crippen molar-refractivity contribution in [3.8, 4) is 0 Å². The largest absolute Gasteiger partial charge is 0.444 e. The summed E-state index contributed by atoms with van der Waals surface area (Å²) < 4.78 is 14.5. The Labute approximate surface area is 172 Å². The highest BCUT2D eigenvalue weighted by molar-refractivity contribution is 9.10. The maximum absolute atomic E-state index is 12.8. The Balaban J connectivity index is 2.13. The van der Waals surface area contributed by atoms with E-state index in [-0.39, 0.29) is 18.2 Å². The lowest BCUT2D eigenvalue weighted by Gasteiger charge is -2.31. The third kappa shape index (κ3) is 6.32. The third-order valence-electron chi connectivity index (χ3n) is 4.63. The second-order valence-corrected chi connectivity index (χ2v) is 16.0. The first-order chi connectivity index (χ1) is 12.4. The monoisotopic (exact) mass is 459 g/mol. The van der Waals surface area contributed by atoms with Crippen molar-refractivity contribution in [1.29, 1.82) is 0 Å².